The van der Waals surface area contributed by atoms with E-state index in [9.17, 15) is 9.59 Å². The molecule has 1 amide bonds. The van der Waals surface area contributed by atoms with Gasteiger partial charge in [-0.2, -0.15) is 0 Å². The van der Waals surface area contributed by atoms with Crippen molar-refractivity contribution in [2.45, 2.75) is 31.8 Å². The quantitative estimate of drug-likeness (QED) is 0.0591. The Hall–Kier alpha value is -5.40. The average molecular weight is 1420 g/mol. The number of hydrogen-bond acceptors (Lipinski definition) is 29. The Labute approximate surface area is 583 Å². The third-order valence-electron chi connectivity index (χ3n) is 13.6. The molecule has 0 atom stereocenters. The Morgan fingerprint density at radius 2 is 0.626 bits per heavy atom. The summed E-state index contributed by atoms with van der Waals surface area (Å²) in [5.41, 5.74) is -0.301. The van der Waals surface area contributed by atoms with Crippen molar-refractivity contribution in [3.05, 3.63) is 71.3 Å². The summed E-state index contributed by atoms with van der Waals surface area (Å²) in [7, 11) is 7.99. The number of carbonyl (C=O) groups excluding carboxylic acids is 2. The Morgan fingerprint density at radius 3 is 0.939 bits per heavy atom. The zero-order chi connectivity index (χ0) is 70.8. The highest BCUT2D eigenvalue weighted by molar-refractivity contribution is 5.96. The van der Waals surface area contributed by atoms with Gasteiger partial charge in [-0.15, -0.1) is 0 Å². The summed E-state index contributed by atoms with van der Waals surface area (Å²) in [6, 6.07) is 15.9. The number of nitrogens with one attached hydrogen (secondary N) is 1. The van der Waals surface area contributed by atoms with E-state index in [2.05, 4.69) is 5.32 Å². The molecule has 0 aromatic heterocycles. The lowest BCUT2D eigenvalue weighted by molar-refractivity contribution is -0.273. The summed E-state index contributed by atoms with van der Waals surface area (Å²) in [6.07, 6.45) is 0. The van der Waals surface area contributed by atoms with Gasteiger partial charge in [0.1, 0.15) is 51.8 Å². The Morgan fingerprint density at radius 1 is 0.354 bits per heavy atom. The van der Waals surface area contributed by atoms with Crippen molar-refractivity contribution in [3.63, 3.8) is 0 Å². The Bertz CT molecular complexity index is 2370. The minimum absolute atomic E-state index is 0.0121. The number of ether oxygens (including phenoxy) is 27. The summed E-state index contributed by atoms with van der Waals surface area (Å²) in [4.78, 5) is 29.6. The SMILES string of the molecule is COCCOCCOCCOc1cc(C(=O)NC2(COC(=O)c3cc(OCCOCCOCCOC)c(OCCOCCOCCOCc4ccccc4)c(OCCOCCOCCOC)c3)COC(C)(C)OC2)cc(OCCOCCOCCOC)c1OCCOCCOCCOC. The van der Waals surface area contributed by atoms with Crippen LogP contribution in [0.25, 0.3) is 0 Å². The predicted octanol–water partition coefficient (Wildman–Crippen LogP) is 4.72. The van der Waals surface area contributed by atoms with E-state index in [1.165, 1.54) is 24.3 Å². The van der Waals surface area contributed by atoms with E-state index < -0.39 is 29.8 Å². The van der Waals surface area contributed by atoms with Gasteiger partial charge in [0.15, 0.2) is 28.8 Å². The lowest BCUT2D eigenvalue weighted by atomic mass is 10.00. The molecule has 0 unspecified atom stereocenters. The number of rotatable bonds is 67. The molecule has 1 fully saturated rings. The van der Waals surface area contributed by atoms with Crippen molar-refractivity contribution < 1.29 is 137 Å². The number of benzene rings is 3. The van der Waals surface area contributed by atoms with E-state index >= 15 is 0 Å². The van der Waals surface area contributed by atoms with Crippen LogP contribution in [0.4, 0.5) is 0 Å². The summed E-state index contributed by atoms with van der Waals surface area (Å²) in [6.45, 7) is 13.4. The van der Waals surface area contributed by atoms with E-state index in [1.807, 2.05) is 30.3 Å². The fraction of sp³-hybridized carbons (Fsp3) is 0.710. The highest BCUT2D eigenvalue weighted by Crippen LogP contribution is 2.41. The van der Waals surface area contributed by atoms with Crippen LogP contribution >= 0.6 is 0 Å². The monoisotopic (exact) mass is 1420 g/mol. The maximum Gasteiger partial charge on any atom is 0.338 e. The molecule has 3 aromatic carbocycles. The first kappa shape index (κ1) is 86.0. The molecule has 0 bridgehead atoms. The number of hydrogen-bond donors (Lipinski definition) is 1. The normalized spacial score (nSPS) is 13.3. The fourth-order valence-corrected chi connectivity index (χ4v) is 8.39. The molecule has 99 heavy (non-hydrogen) atoms. The van der Waals surface area contributed by atoms with E-state index in [0.29, 0.717) is 145 Å². The van der Waals surface area contributed by atoms with Crippen LogP contribution in [0.5, 0.6) is 34.5 Å². The molecule has 30 nitrogen and oxygen atoms in total. The van der Waals surface area contributed by atoms with E-state index in [1.54, 1.807) is 49.4 Å². The van der Waals surface area contributed by atoms with Crippen LogP contribution in [0.2, 0.25) is 0 Å². The van der Waals surface area contributed by atoms with Gasteiger partial charge in [-0.25, -0.2) is 4.79 Å². The van der Waals surface area contributed by atoms with Crippen LogP contribution < -0.4 is 33.7 Å². The Kier molecular flexibility index (Phi) is 49.6. The standard InChI is InChI=1S/C69H111NO29/c1-68(2)98-55-69(56-99-68,70-66(71)58-49-60(91-43-37-84-29-23-78-18-13-73-3)64(95-47-41-88-33-27-82-22-17-77-7)61(50-58)92-44-38-85-30-24-79-19-14-74-4)54-97-67(72)59-51-62(93-45-39-86-31-25-80-20-15-75-5)65(63(52-59)94-46-40-87-32-26-81-21-16-76-6)96-48-42-89-34-28-83-35-36-90-53-57-11-9-8-10-12-57/h8-12,49-52H,13-48,53-56H2,1-7H3,(H,70,71). The molecular weight excluding hydrogens is 1310 g/mol. The molecule has 0 aliphatic carbocycles. The highest BCUT2D eigenvalue weighted by atomic mass is 16.7. The molecule has 1 aliphatic rings. The van der Waals surface area contributed by atoms with Crippen LogP contribution in [0.1, 0.15) is 40.1 Å². The molecule has 1 aliphatic heterocycles. The van der Waals surface area contributed by atoms with Gasteiger partial charge in [0, 0.05) is 41.1 Å². The molecular formula is C69H111NO29. The second kappa shape index (κ2) is 57.1. The molecule has 0 saturated carbocycles. The van der Waals surface area contributed by atoms with Crippen molar-refractivity contribution in [1.82, 2.24) is 5.32 Å². The smallest absolute Gasteiger partial charge is 0.338 e. The van der Waals surface area contributed by atoms with Gasteiger partial charge in [-0.05, 0) is 43.7 Å². The molecule has 1 heterocycles. The predicted molar refractivity (Wildman–Crippen MR) is 358 cm³/mol. The fourth-order valence-electron chi connectivity index (χ4n) is 8.39. The van der Waals surface area contributed by atoms with E-state index in [0.717, 1.165) is 5.56 Å². The molecule has 0 spiro atoms. The van der Waals surface area contributed by atoms with E-state index in [-0.39, 0.29) is 158 Å². The number of carbonyl (C=O) groups is 2. The molecule has 566 valence electrons. The van der Waals surface area contributed by atoms with Gasteiger partial charge >= 0.3 is 5.97 Å². The van der Waals surface area contributed by atoms with Gasteiger partial charge in [0.05, 0.1) is 224 Å². The van der Waals surface area contributed by atoms with Crippen molar-refractivity contribution in [1.29, 1.82) is 0 Å². The van der Waals surface area contributed by atoms with Gasteiger partial charge in [0.2, 0.25) is 11.5 Å². The third-order valence-corrected chi connectivity index (χ3v) is 13.6. The van der Waals surface area contributed by atoms with Crippen LogP contribution in [0.3, 0.4) is 0 Å². The maximum absolute atomic E-state index is 14.9. The summed E-state index contributed by atoms with van der Waals surface area (Å²) < 4.78 is 156. The first-order chi connectivity index (χ1) is 48.6. The van der Waals surface area contributed by atoms with Gasteiger partial charge in [-0.3, -0.25) is 4.79 Å². The number of esters is 1. The molecule has 30 heteroatoms. The molecule has 3 aromatic rings. The molecule has 1 saturated heterocycles. The van der Waals surface area contributed by atoms with Crippen molar-refractivity contribution in [2.24, 2.45) is 0 Å². The summed E-state index contributed by atoms with van der Waals surface area (Å²) >= 11 is 0. The van der Waals surface area contributed by atoms with Crippen LogP contribution in [-0.4, -0.2) is 316 Å². The third kappa shape index (κ3) is 40.7. The second-order valence-corrected chi connectivity index (χ2v) is 21.8. The minimum Gasteiger partial charge on any atom is -0.487 e. The maximum atomic E-state index is 14.9. The summed E-state index contributed by atoms with van der Waals surface area (Å²) in [5.74, 6) is -1.58. The minimum atomic E-state index is -1.47. The average Bonchev–Trinajstić information content (AvgIpc) is 0.800. The van der Waals surface area contributed by atoms with Gasteiger partial charge in [0.25, 0.3) is 5.91 Å². The van der Waals surface area contributed by atoms with Crippen molar-refractivity contribution in [3.8, 4) is 34.5 Å². The largest absolute Gasteiger partial charge is 0.487 e. The molecule has 4 rings (SSSR count). The van der Waals surface area contributed by atoms with Crippen LogP contribution in [-0.2, 0) is 106 Å². The number of methoxy groups -OCH3 is 5. The van der Waals surface area contributed by atoms with Crippen molar-refractivity contribution >= 4 is 11.9 Å². The first-order valence-electron chi connectivity index (χ1n) is 33.5. The first-order valence-corrected chi connectivity index (χ1v) is 33.5. The van der Waals surface area contributed by atoms with Gasteiger partial charge in [-0.1, -0.05) is 30.3 Å². The second-order valence-electron chi connectivity index (χ2n) is 21.8. The van der Waals surface area contributed by atoms with Crippen LogP contribution in [0.15, 0.2) is 54.6 Å². The highest BCUT2D eigenvalue weighted by Gasteiger charge is 2.43. The topological polar surface area (TPSA) is 295 Å². The Balaban J connectivity index is 1.61. The summed E-state index contributed by atoms with van der Waals surface area (Å²) in [5, 5.41) is 3.06. The van der Waals surface area contributed by atoms with E-state index in [4.69, 9.17) is 128 Å². The lowest BCUT2D eigenvalue weighted by Crippen LogP contribution is -2.63. The van der Waals surface area contributed by atoms with Crippen LogP contribution in [0, 0.1) is 0 Å². The van der Waals surface area contributed by atoms with Crippen molar-refractivity contribution in [2.75, 3.05) is 293 Å². The lowest BCUT2D eigenvalue weighted by Gasteiger charge is -2.43. The number of amides is 1. The molecule has 1 N–H and O–H groups in total. The zero-order valence-corrected chi connectivity index (χ0v) is 59.3. The molecule has 0 radical (unpaired) electrons. The zero-order valence-electron chi connectivity index (χ0n) is 59.3. The van der Waals surface area contributed by atoms with Gasteiger partial charge < -0.3 is 133 Å².